The van der Waals surface area contributed by atoms with E-state index in [1.165, 1.54) is 18.2 Å². The Morgan fingerprint density at radius 3 is 2.60 bits per heavy atom. The number of carbonyl (C=O) groups excluding carboxylic acids is 1. The van der Waals surface area contributed by atoms with Gasteiger partial charge in [-0.25, -0.2) is 4.79 Å². The first-order chi connectivity index (χ1) is 12.1. The summed E-state index contributed by atoms with van der Waals surface area (Å²) in [4.78, 5) is 12.2. The summed E-state index contributed by atoms with van der Waals surface area (Å²) in [5, 5.41) is 16.0. The van der Waals surface area contributed by atoms with E-state index in [4.69, 9.17) is 4.42 Å². The fraction of sp³-hybridized carbons (Fsp3) is 0.450. The van der Waals surface area contributed by atoms with Gasteiger partial charge in [-0.15, -0.1) is 0 Å². The van der Waals surface area contributed by atoms with Crippen molar-refractivity contribution in [1.29, 1.82) is 0 Å². The van der Waals surface area contributed by atoms with Gasteiger partial charge in [0.15, 0.2) is 0 Å². The first-order valence-electron chi connectivity index (χ1n) is 8.90. The molecule has 2 amide bonds. The number of benzene rings is 1. The normalized spacial score (nSPS) is 18.0. The summed E-state index contributed by atoms with van der Waals surface area (Å²) in [6.07, 6.45) is 4.63. The van der Waals surface area contributed by atoms with Gasteiger partial charge in [0.2, 0.25) is 0 Å². The molecule has 0 aliphatic heterocycles. The highest BCUT2D eigenvalue weighted by molar-refractivity contribution is 5.74. The van der Waals surface area contributed by atoms with Crippen LogP contribution in [0.4, 0.5) is 4.79 Å². The number of furan rings is 1. The van der Waals surface area contributed by atoms with Crippen LogP contribution in [0.1, 0.15) is 50.0 Å². The van der Waals surface area contributed by atoms with E-state index in [1.54, 1.807) is 12.1 Å². The minimum Gasteiger partial charge on any atom is -0.467 e. The SMILES string of the molecule is CC(CC(O)c1ccco1)NC(=O)NCC1(c2ccccc2)CCC1. The molecule has 3 rings (SSSR count). The first-order valence-corrected chi connectivity index (χ1v) is 8.90. The molecule has 1 fully saturated rings. The van der Waals surface area contributed by atoms with Gasteiger partial charge in [-0.05, 0) is 37.5 Å². The highest BCUT2D eigenvalue weighted by Gasteiger charge is 2.38. The largest absolute Gasteiger partial charge is 0.467 e. The molecule has 1 aliphatic carbocycles. The topological polar surface area (TPSA) is 74.5 Å². The second-order valence-corrected chi connectivity index (χ2v) is 6.99. The van der Waals surface area contributed by atoms with Crippen molar-refractivity contribution < 1.29 is 14.3 Å². The molecule has 1 heterocycles. The van der Waals surface area contributed by atoms with Crippen molar-refractivity contribution in [1.82, 2.24) is 10.6 Å². The number of carbonyl (C=O) groups is 1. The van der Waals surface area contributed by atoms with Gasteiger partial charge in [0.1, 0.15) is 11.9 Å². The summed E-state index contributed by atoms with van der Waals surface area (Å²) in [6, 6.07) is 13.5. The maximum atomic E-state index is 12.2. The summed E-state index contributed by atoms with van der Waals surface area (Å²) < 4.78 is 5.19. The van der Waals surface area contributed by atoms with Crippen molar-refractivity contribution in [2.75, 3.05) is 6.54 Å². The Labute approximate surface area is 148 Å². The third-order valence-corrected chi connectivity index (χ3v) is 5.11. The smallest absolute Gasteiger partial charge is 0.315 e. The zero-order valence-electron chi connectivity index (χ0n) is 14.6. The van der Waals surface area contributed by atoms with Gasteiger partial charge in [-0.3, -0.25) is 0 Å². The Hall–Kier alpha value is -2.27. The molecule has 2 aromatic rings. The minimum absolute atomic E-state index is 0.0650. The van der Waals surface area contributed by atoms with Gasteiger partial charge < -0.3 is 20.2 Å². The molecule has 0 saturated heterocycles. The van der Waals surface area contributed by atoms with Crippen molar-refractivity contribution in [3.63, 3.8) is 0 Å². The lowest BCUT2D eigenvalue weighted by Crippen LogP contribution is -2.49. The summed E-state index contributed by atoms with van der Waals surface area (Å²) in [7, 11) is 0. The van der Waals surface area contributed by atoms with E-state index in [0.717, 1.165) is 12.8 Å². The number of amides is 2. The molecule has 5 heteroatoms. The molecule has 2 atom stereocenters. The third-order valence-electron chi connectivity index (χ3n) is 5.11. The van der Waals surface area contributed by atoms with E-state index in [2.05, 4.69) is 22.8 Å². The van der Waals surface area contributed by atoms with Crippen LogP contribution in [0.3, 0.4) is 0 Å². The molecule has 0 radical (unpaired) electrons. The Balaban J connectivity index is 1.47. The third kappa shape index (κ3) is 4.23. The predicted octanol–water partition coefficient (Wildman–Crippen LogP) is 3.51. The van der Waals surface area contributed by atoms with Crippen molar-refractivity contribution in [3.05, 3.63) is 60.1 Å². The number of nitrogens with one attached hydrogen (secondary N) is 2. The number of rotatable bonds is 7. The van der Waals surface area contributed by atoms with E-state index in [9.17, 15) is 9.90 Å². The van der Waals surface area contributed by atoms with Crippen LogP contribution < -0.4 is 10.6 Å². The molecule has 25 heavy (non-hydrogen) atoms. The van der Waals surface area contributed by atoms with Crippen LogP contribution in [0.5, 0.6) is 0 Å². The van der Waals surface area contributed by atoms with Crippen LogP contribution in [-0.4, -0.2) is 23.7 Å². The standard InChI is InChI=1S/C20H26N2O3/c1-15(13-17(23)18-9-5-12-25-18)22-19(24)21-14-20(10-6-11-20)16-7-3-2-4-8-16/h2-5,7-9,12,15,17,23H,6,10-11,13-14H2,1H3,(H2,21,22,24). The lowest BCUT2D eigenvalue weighted by atomic mass is 9.64. The average Bonchev–Trinajstić information content (AvgIpc) is 3.09. The van der Waals surface area contributed by atoms with Gasteiger partial charge in [0.05, 0.1) is 6.26 Å². The monoisotopic (exact) mass is 342 g/mol. The van der Waals surface area contributed by atoms with Crippen LogP contribution >= 0.6 is 0 Å². The van der Waals surface area contributed by atoms with Crippen LogP contribution in [0.2, 0.25) is 0 Å². The minimum atomic E-state index is -0.715. The second kappa shape index (κ2) is 7.74. The number of hydrogen-bond acceptors (Lipinski definition) is 3. The summed E-state index contributed by atoms with van der Waals surface area (Å²) in [5.41, 5.74) is 1.36. The first kappa shape index (κ1) is 17.5. The van der Waals surface area contributed by atoms with E-state index < -0.39 is 6.10 Å². The summed E-state index contributed by atoms with van der Waals surface area (Å²) in [5.74, 6) is 0.520. The zero-order valence-corrected chi connectivity index (χ0v) is 14.6. The number of urea groups is 1. The lowest BCUT2D eigenvalue weighted by molar-refractivity contribution is 0.129. The summed E-state index contributed by atoms with van der Waals surface area (Å²) >= 11 is 0. The predicted molar refractivity (Wildman–Crippen MR) is 96.3 cm³/mol. The van der Waals surface area contributed by atoms with Gasteiger partial charge in [-0.2, -0.15) is 0 Å². The Kier molecular flexibility index (Phi) is 5.43. The van der Waals surface area contributed by atoms with Crippen LogP contribution in [0.15, 0.2) is 53.1 Å². The molecule has 3 N–H and O–H groups in total. The summed E-state index contributed by atoms with van der Waals surface area (Å²) in [6.45, 7) is 2.51. The van der Waals surface area contributed by atoms with Crippen molar-refractivity contribution in [2.24, 2.45) is 0 Å². The Bertz CT molecular complexity index is 666. The van der Waals surface area contributed by atoms with E-state index in [0.29, 0.717) is 18.7 Å². The van der Waals surface area contributed by atoms with Gasteiger partial charge in [0.25, 0.3) is 0 Å². The fourth-order valence-corrected chi connectivity index (χ4v) is 3.48. The number of hydrogen-bond donors (Lipinski definition) is 3. The fourth-order valence-electron chi connectivity index (χ4n) is 3.48. The highest BCUT2D eigenvalue weighted by atomic mass is 16.4. The second-order valence-electron chi connectivity index (χ2n) is 6.99. The quantitative estimate of drug-likeness (QED) is 0.721. The maximum absolute atomic E-state index is 12.2. The van der Waals surface area contributed by atoms with Crippen molar-refractivity contribution in [2.45, 2.75) is 50.2 Å². The highest BCUT2D eigenvalue weighted by Crippen LogP contribution is 2.43. The molecule has 1 aromatic carbocycles. The molecule has 1 aromatic heterocycles. The van der Waals surface area contributed by atoms with Gasteiger partial charge in [-0.1, -0.05) is 36.8 Å². The van der Waals surface area contributed by atoms with Gasteiger partial charge in [0, 0.05) is 24.4 Å². The Morgan fingerprint density at radius 2 is 2.00 bits per heavy atom. The van der Waals surface area contributed by atoms with Crippen LogP contribution in [0, 0.1) is 0 Å². The van der Waals surface area contributed by atoms with Crippen LogP contribution in [0.25, 0.3) is 0 Å². The van der Waals surface area contributed by atoms with E-state index in [1.807, 2.05) is 25.1 Å². The van der Waals surface area contributed by atoms with E-state index >= 15 is 0 Å². The Morgan fingerprint density at radius 1 is 1.24 bits per heavy atom. The molecule has 0 spiro atoms. The van der Waals surface area contributed by atoms with Crippen molar-refractivity contribution in [3.8, 4) is 0 Å². The van der Waals surface area contributed by atoms with Gasteiger partial charge >= 0.3 is 6.03 Å². The molecule has 5 nitrogen and oxygen atoms in total. The molecule has 1 saturated carbocycles. The number of aliphatic hydroxyl groups is 1. The molecular formula is C20H26N2O3. The molecule has 134 valence electrons. The molecular weight excluding hydrogens is 316 g/mol. The molecule has 2 unspecified atom stereocenters. The van der Waals surface area contributed by atoms with Crippen LogP contribution in [-0.2, 0) is 5.41 Å². The maximum Gasteiger partial charge on any atom is 0.315 e. The lowest BCUT2D eigenvalue weighted by Gasteiger charge is -2.42. The average molecular weight is 342 g/mol. The van der Waals surface area contributed by atoms with E-state index in [-0.39, 0.29) is 17.5 Å². The number of aliphatic hydroxyl groups excluding tert-OH is 1. The zero-order chi connectivity index (χ0) is 17.7. The van der Waals surface area contributed by atoms with Crippen molar-refractivity contribution >= 4 is 6.03 Å². The molecule has 1 aliphatic rings. The molecule has 0 bridgehead atoms.